The Labute approximate surface area is 94.9 Å². The summed E-state index contributed by atoms with van der Waals surface area (Å²) in [4.78, 5) is 2.47. The zero-order valence-corrected chi connectivity index (χ0v) is 9.50. The molecule has 4 heteroatoms. The second-order valence-corrected chi connectivity index (χ2v) is 4.37. The third-order valence-corrected chi connectivity index (χ3v) is 3.42. The highest BCUT2D eigenvalue weighted by molar-refractivity contribution is 5.37. The number of pyridine rings is 1. The molecule has 0 spiro atoms. The Morgan fingerprint density at radius 1 is 1.38 bits per heavy atom. The quantitative estimate of drug-likeness (QED) is 0.763. The summed E-state index contributed by atoms with van der Waals surface area (Å²) in [6, 6.07) is 6.04. The smallest absolute Gasteiger partial charge is 0.160 e. The predicted octanol–water partition coefficient (Wildman–Crippen LogP) is 1.54. The van der Waals surface area contributed by atoms with Gasteiger partial charge in [0, 0.05) is 18.7 Å². The first-order chi connectivity index (χ1) is 7.88. The molecular weight excluding hydrogens is 200 g/mol. The van der Waals surface area contributed by atoms with E-state index in [4.69, 9.17) is 0 Å². The van der Waals surface area contributed by atoms with Crippen molar-refractivity contribution in [3.8, 4) is 0 Å². The highest BCUT2D eigenvalue weighted by Crippen LogP contribution is 2.25. The fourth-order valence-corrected chi connectivity index (χ4v) is 2.47. The molecule has 1 fully saturated rings. The predicted molar refractivity (Wildman–Crippen MR) is 62.5 cm³/mol. The van der Waals surface area contributed by atoms with Crippen molar-refractivity contribution in [3.05, 3.63) is 30.2 Å². The van der Waals surface area contributed by atoms with E-state index in [0.29, 0.717) is 5.92 Å². The van der Waals surface area contributed by atoms with Gasteiger partial charge in [0.1, 0.15) is 5.82 Å². The van der Waals surface area contributed by atoms with Crippen molar-refractivity contribution in [2.24, 2.45) is 0 Å². The lowest BCUT2D eigenvalue weighted by Crippen LogP contribution is -2.19. The number of hydrogen-bond acceptors (Lipinski definition) is 3. The monoisotopic (exact) mass is 216 g/mol. The van der Waals surface area contributed by atoms with Gasteiger partial charge in [0.2, 0.25) is 0 Å². The van der Waals surface area contributed by atoms with Gasteiger partial charge in [-0.3, -0.25) is 4.40 Å². The summed E-state index contributed by atoms with van der Waals surface area (Å²) in [5.41, 5.74) is 0.951. The van der Waals surface area contributed by atoms with Crippen LogP contribution in [0, 0.1) is 0 Å². The molecule has 84 valence electrons. The van der Waals surface area contributed by atoms with Crippen LogP contribution in [0.1, 0.15) is 25.1 Å². The van der Waals surface area contributed by atoms with E-state index in [1.54, 1.807) is 0 Å². The summed E-state index contributed by atoms with van der Waals surface area (Å²) in [6.07, 6.45) is 3.25. The molecule has 0 aliphatic carbocycles. The van der Waals surface area contributed by atoms with Crippen molar-refractivity contribution in [2.75, 3.05) is 19.6 Å². The fraction of sp³-hybridized carbons (Fsp3) is 0.500. The van der Waals surface area contributed by atoms with E-state index in [2.05, 4.69) is 32.6 Å². The highest BCUT2D eigenvalue weighted by atomic mass is 15.3. The van der Waals surface area contributed by atoms with Gasteiger partial charge in [0.25, 0.3) is 0 Å². The Kier molecular flexibility index (Phi) is 2.36. The number of hydrogen-bond donors (Lipinski definition) is 0. The first kappa shape index (κ1) is 9.78. The first-order valence-corrected chi connectivity index (χ1v) is 5.90. The van der Waals surface area contributed by atoms with Crippen LogP contribution in [0.2, 0.25) is 0 Å². The van der Waals surface area contributed by atoms with Gasteiger partial charge in [-0.05, 0) is 31.6 Å². The van der Waals surface area contributed by atoms with Gasteiger partial charge in [-0.2, -0.15) is 0 Å². The van der Waals surface area contributed by atoms with Crippen molar-refractivity contribution in [3.63, 3.8) is 0 Å². The van der Waals surface area contributed by atoms with E-state index in [-0.39, 0.29) is 0 Å². The van der Waals surface area contributed by atoms with Crippen molar-refractivity contribution in [1.82, 2.24) is 19.5 Å². The Morgan fingerprint density at radius 2 is 2.31 bits per heavy atom. The van der Waals surface area contributed by atoms with E-state index in [9.17, 15) is 0 Å². The Morgan fingerprint density at radius 3 is 3.12 bits per heavy atom. The topological polar surface area (TPSA) is 33.4 Å². The van der Waals surface area contributed by atoms with Gasteiger partial charge < -0.3 is 4.90 Å². The van der Waals surface area contributed by atoms with Crippen LogP contribution in [0.4, 0.5) is 0 Å². The summed E-state index contributed by atoms with van der Waals surface area (Å²) >= 11 is 0. The number of likely N-dealkylation sites (tertiary alicyclic amines) is 1. The second kappa shape index (κ2) is 3.87. The minimum atomic E-state index is 0.539. The van der Waals surface area contributed by atoms with Crippen LogP contribution in [0.3, 0.4) is 0 Å². The number of rotatable bonds is 2. The lowest BCUT2D eigenvalue weighted by Gasteiger charge is -2.11. The number of aromatic nitrogens is 3. The molecule has 2 aromatic heterocycles. The van der Waals surface area contributed by atoms with Gasteiger partial charge in [0.15, 0.2) is 5.65 Å². The van der Waals surface area contributed by atoms with Crippen molar-refractivity contribution in [1.29, 1.82) is 0 Å². The summed E-state index contributed by atoms with van der Waals surface area (Å²) in [7, 11) is 0. The largest absolute Gasteiger partial charge is 0.303 e. The molecule has 1 aliphatic heterocycles. The molecule has 4 nitrogen and oxygen atoms in total. The van der Waals surface area contributed by atoms with Crippen LogP contribution in [-0.2, 0) is 0 Å². The first-order valence-electron chi connectivity index (χ1n) is 5.90. The maximum absolute atomic E-state index is 4.33. The van der Waals surface area contributed by atoms with Crippen LogP contribution in [0.5, 0.6) is 0 Å². The Hall–Kier alpha value is -1.42. The van der Waals surface area contributed by atoms with Crippen molar-refractivity contribution in [2.45, 2.75) is 19.3 Å². The van der Waals surface area contributed by atoms with E-state index >= 15 is 0 Å². The van der Waals surface area contributed by atoms with Crippen LogP contribution >= 0.6 is 0 Å². The molecule has 3 rings (SSSR count). The third kappa shape index (κ3) is 1.50. The fourth-order valence-electron chi connectivity index (χ4n) is 2.47. The molecule has 1 saturated heterocycles. The SMILES string of the molecule is CCN1CCC(c2nnc3ccccn23)C1. The van der Waals surface area contributed by atoms with Gasteiger partial charge >= 0.3 is 0 Å². The maximum atomic E-state index is 4.33. The molecule has 1 aliphatic rings. The summed E-state index contributed by atoms with van der Waals surface area (Å²) in [5.74, 6) is 1.66. The molecule has 0 bridgehead atoms. The zero-order chi connectivity index (χ0) is 11.0. The zero-order valence-electron chi connectivity index (χ0n) is 9.50. The molecule has 0 radical (unpaired) electrons. The number of likely N-dealkylation sites (N-methyl/N-ethyl adjacent to an activating group) is 1. The van der Waals surface area contributed by atoms with Crippen LogP contribution in [0.15, 0.2) is 24.4 Å². The lowest BCUT2D eigenvalue weighted by atomic mass is 10.1. The Bertz CT molecular complexity index is 490. The minimum absolute atomic E-state index is 0.539. The summed E-state index contributed by atoms with van der Waals surface area (Å²) < 4.78 is 2.11. The molecule has 16 heavy (non-hydrogen) atoms. The second-order valence-electron chi connectivity index (χ2n) is 4.37. The highest BCUT2D eigenvalue weighted by Gasteiger charge is 2.26. The molecule has 3 heterocycles. The molecule has 0 aromatic carbocycles. The standard InChI is InChI=1S/C12H16N4/c1-2-15-8-6-10(9-15)12-14-13-11-5-3-4-7-16(11)12/h3-5,7,10H,2,6,8-9H2,1H3. The molecule has 0 saturated carbocycles. The Balaban J connectivity index is 1.95. The summed E-state index contributed by atoms with van der Waals surface area (Å²) in [5, 5.41) is 8.54. The van der Waals surface area contributed by atoms with Crippen molar-refractivity contribution < 1.29 is 0 Å². The third-order valence-electron chi connectivity index (χ3n) is 3.42. The molecule has 2 aromatic rings. The van der Waals surface area contributed by atoms with E-state index in [1.165, 1.54) is 13.0 Å². The molecule has 0 N–H and O–H groups in total. The average Bonchev–Trinajstić information content (AvgIpc) is 2.94. The van der Waals surface area contributed by atoms with Crippen LogP contribution in [-0.4, -0.2) is 39.1 Å². The molecule has 1 atom stereocenters. The van der Waals surface area contributed by atoms with E-state index < -0.39 is 0 Å². The van der Waals surface area contributed by atoms with Crippen molar-refractivity contribution >= 4 is 5.65 Å². The maximum Gasteiger partial charge on any atom is 0.160 e. The molecular formula is C12H16N4. The molecule has 1 unspecified atom stereocenters. The number of nitrogens with zero attached hydrogens (tertiary/aromatic N) is 4. The van der Waals surface area contributed by atoms with E-state index in [1.807, 2.05) is 18.2 Å². The van der Waals surface area contributed by atoms with E-state index in [0.717, 1.165) is 24.6 Å². The number of fused-ring (bicyclic) bond motifs is 1. The van der Waals surface area contributed by atoms with Gasteiger partial charge in [-0.15, -0.1) is 10.2 Å². The summed E-state index contributed by atoms with van der Waals surface area (Å²) in [6.45, 7) is 5.65. The average molecular weight is 216 g/mol. The lowest BCUT2D eigenvalue weighted by molar-refractivity contribution is 0.352. The van der Waals surface area contributed by atoms with Gasteiger partial charge in [-0.1, -0.05) is 13.0 Å². The minimum Gasteiger partial charge on any atom is -0.303 e. The van der Waals surface area contributed by atoms with Gasteiger partial charge in [-0.25, -0.2) is 0 Å². The van der Waals surface area contributed by atoms with Gasteiger partial charge in [0.05, 0.1) is 0 Å². The van der Waals surface area contributed by atoms with Crippen LogP contribution in [0.25, 0.3) is 5.65 Å². The normalized spacial score (nSPS) is 21.9. The van der Waals surface area contributed by atoms with Crippen LogP contribution < -0.4 is 0 Å². The molecule has 0 amide bonds.